The lowest BCUT2D eigenvalue weighted by Crippen LogP contribution is -2.13. The number of benzene rings is 1. The van der Waals surface area contributed by atoms with Crippen LogP contribution in [0, 0.1) is 0 Å². The number of aromatic nitrogens is 3. The highest BCUT2D eigenvalue weighted by atomic mass is 79.9. The van der Waals surface area contributed by atoms with E-state index in [-0.39, 0.29) is 11.3 Å². The molecule has 2 rings (SSSR count). The third kappa shape index (κ3) is 3.63. The number of rotatable bonds is 3. The summed E-state index contributed by atoms with van der Waals surface area (Å²) in [7, 11) is 3.55. The maximum Gasteiger partial charge on any atom is 0.328 e. The van der Waals surface area contributed by atoms with Gasteiger partial charge in [-0.1, -0.05) is 23.2 Å². The summed E-state index contributed by atoms with van der Waals surface area (Å²) in [4.78, 5) is 13.6. The van der Waals surface area contributed by atoms with Gasteiger partial charge >= 0.3 is 6.01 Å². The van der Waals surface area contributed by atoms with Crippen molar-refractivity contribution in [2.75, 3.05) is 19.0 Å². The summed E-state index contributed by atoms with van der Waals surface area (Å²) < 4.78 is 6.17. The highest BCUT2D eigenvalue weighted by molar-refractivity contribution is 9.10. The van der Waals surface area contributed by atoms with Crippen LogP contribution >= 0.6 is 50.7 Å². The molecular weight excluding hydrogens is 390 g/mol. The van der Waals surface area contributed by atoms with E-state index in [1.807, 2.05) is 0 Å². The lowest BCUT2D eigenvalue weighted by atomic mass is 10.3. The van der Waals surface area contributed by atoms with E-state index in [0.29, 0.717) is 26.2 Å². The zero-order chi connectivity index (χ0) is 14.9. The Labute approximate surface area is 139 Å². The standard InChI is InChI=1S/C11H8BrCl3N4O/c1-19(2)10-16-9(15)17-11(18-10)20-8-4-6(13)5(12)3-7(8)14/h3-4H,1-2H3. The van der Waals surface area contributed by atoms with E-state index in [1.165, 1.54) is 0 Å². The minimum atomic E-state index is 0.0260. The maximum atomic E-state index is 6.07. The van der Waals surface area contributed by atoms with E-state index in [4.69, 9.17) is 39.5 Å². The zero-order valence-electron chi connectivity index (χ0n) is 10.4. The molecule has 1 aromatic carbocycles. The third-order valence-electron chi connectivity index (χ3n) is 2.15. The second kappa shape index (κ2) is 6.30. The Balaban J connectivity index is 2.37. The second-order valence-electron chi connectivity index (χ2n) is 3.88. The van der Waals surface area contributed by atoms with Gasteiger partial charge in [0, 0.05) is 24.6 Å². The van der Waals surface area contributed by atoms with Gasteiger partial charge in [-0.2, -0.15) is 15.0 Å². The van der Waals surface area contributed by atoms with Gasteiger partial charge in [0.15, 0.2) is 5.75 Å². The molecule has 0 amide bonds. The van der Waals surface area contributed by atoms with E-state index < -0.39 is 0 Å². The Morgan fingerprint density at radius 1 is 1.05 bits per heavy atom. The van der Waals surface area contributed by atoms with Crippen molar-refractivity contribution in [2.24, 2.45) is 0 Å². The van der Waals surface area contributed by atoms with Gasteiger partial charge in [0.05, 0.1) is 10.0 Å². The summed E-state index contributed by atoms with van der Waals surface area (Å²) >= 11 is 21.1. The number of ether oxygens (including phenoxy) is 1. The largest absolute Gasteiger partial charge is 0.422 e. The molecule has 0 spiro atoms. The van der Waals surface area contributed by atoms with Crippen molar-refractivity contribution < 1.29 is 4.74 Å². The lowest BCUT2D eigenvalue weighted by Gasteiger charge is -2.12. The van der Waals surface area contributed by atoms with Crippen LogP contribution < -0.4 is 9.64 Å². The number of nitrogens with zero attached hydrogens (tertiary/aromatic N) is 4. The normalized spacial score (nSPS) is 10.5. The molecule has 106 valence electrons. The molecule has 9 heteroatoms. The molecule has 0 aliphatic rings. The van der Waals surface area contributed by atoms with Crippen LogP contribution in [0.15, 0.2) is 16.6 Å². The topological polar surface area (TPSA) is 51.1 Å². The van der Waals surface area contributed by atoms with E-state index in [1.54, 1.807) is 31.1 Å². The van der Waals surface area contributed by atoms with Gasteiger partial charge in [-0.25, -0.2) is 0 Å². The van der Waals surface area contributed by atoms with Gasteiger partial charge < -0.3 is 9.64 Å². The molecular formula is C11H8BrCl3N4O. The molecule has 0 bridgehead atoms. The van der Waals surface area contributed by atoms with Crippen molar-refractivity contribution in [1.29, 1.82) is 0 Å². The molecule has 0 unspecified atom stereocenters. The second-order valence-corrected chi connectivity index (χ2v) is 5.89. The Hall–Kier alpha value is -0.820. The first-order valence-electron chi connectivity index (χ1n) is 5.28. The van der Waals surface area contributed by atoms with Gasteiger partial charge in [-0.05, 0) is 33.6 Å². The summed E-state index contributed by atoms with van der Waals surface area (Å²) in [5, 5.41) is 0.847. The molecule has 2 aromatic rings. The molecule has 0 N–H and O–H groups in total. The third-order valence-corrected chi connectivity index (χ3v) is 3.81. The van der Waals surface area contributed by atoms with Gasteiger partial charge in [-0.3, -0.25) is 0 Å². The molecule has 0 atom stereocenters. The molecule has 1 heterocycles. The average molecular weight is 398 g/mol. The van der Waals surface area contributed by atoms with Gasteiger partial charge in [0.25, 0.3) is 0 Å². The van der Waals surface area contributed by atoms with Gasteiger partial charge in [0.2, 0.25) is 11.2 Å². The smallest absolute Gasteiger partial charge is 0.328 e. The molecule has 0 saturated heterocycles. The molecule has 0 aliphatic carbocycles. The van der Waals surface area contributed by atoms with Crippen molar-refractivity contribution in [2.45, 2.75) is 0 Å². The van der Waals surface area contributed by atoms with Crippen LogP contribution in [0.25, 0.3) is 0 Å². The van der Waals surface area contributed by atoms with Crippen LogP contribution in [0.3, 0.4) is 0 Å². The summed E-state index contributed by atoms with van der Waals surface area (Å²) in [6.45, 7) is 0. The van der Waals surface area contributed by atoms with Crippen LogP contribution in [0.4, 0.5) is 5.95 Å². The Morgan fingerprint density at radius 2 is 1.75 bits per heavy atom. The quantitative estimate of drug-likeness (QED) is 0.715. The monoisotopic (exact) mass is 396 g/mol. The summed E-state index contributed by atoms with van der Waals surface area (Å²) in [5.41, 5.74) is 0. The van der Waals surface area contributed by atoms with E-state index in [9.17, 15) is 0 Å². The van der Waals surface area contributed by atoms with Crippen molar-refractivity contribution in [3.63, 3.8) is 0 Å². The molecule has 0 saturated carbocycles. The van der Waals surface area contributed by atoms with E-state index >= 15 is 0 Å². The fourth-order valence-electron chi connectivity index (χ4n) is 1.25. The number of halogens is 4. The molecule has 20 heavy (non-hydrogen) atoms. The lowest BCUT2D eigenvalue weighted by molar-refractivity contribution is 0.440. The van der Waals surface area contributed by atoms with Gasteiger partial charge in [0.1, 0.15) is 0 Å². The first kappa shape index (κ1) is 15.6. The van der Waals surface area contributed by atoms with Crippen LogP contribution in [0.2, 0.25) is 15.3 Å². The van der Waals surface area contributed by atoms with Crippen LogP contribution in [0.5, 0.6) is 11.8 Å². The van der Waals surface area contributed by atoms with Crippen LogP contribution in [-0.2, 0) is 0 Å². The summed E-state index contributed by atoms with van der Waals surface area (Å²) in [6.07, 6.45) is 0. The van der Waals surface area contributed by atoms with Crippen molar-refractivity contribution in [1.82, 2.24) is 15.0 Å². The number of anilines is 1. The predicted octanol–water partition coefficient (Wildman–Crippen LogP) is 4.45. The van der Waals surface area contributed by atoms with Crippen molar-refractivity contribution in [3.05, 3.63) is 31.9 Å². The average Bonchev–Trinajstić information content (AvgIpc) is 2.35. The Bertz CT molecular complexity index is 654. The predicted molar refractivity (Wildman–Crippen MR) is 83.4 cm³/mol. The first-order valence-corrected chi connectivity index (χ1v) is 7.21. The SMILES string of the molecule is CN(C)c1nc(Cl)nc(Oc2cc(Cl)c(Br)cc2Cl)n1. The fraction of sp³-hybridized carbons (Fsp3) is 0.182. The highest BCUT2D eigenvalue weighted by Crippen LogP contribution is 2.36. The molecule has 0 radical (unpaired) electrons. The fourth-order valence-corrected chi connectivity index (χ4v) is 2.23. The van der Waals surface area contributed by atoms with Crippen LogP contribution in [-0.4, -0.2) is 29.0 Å². The Kier molecular flexibility index (Phi) is 4.90. The van der Waals surface area contributed by atoms with E-state index in [2.05, 4.69) is 30.9 Å². The highest BCUT2D eigenvalue weighted by Gasteiger charge is 2.12. The maximum absolute atomic E-state index is 6.07. The summed E-state index contributed by atoms with van der Waals surface area (Å²) in [6, 6.07) is 3.21. The molecule has 1 aromatic heterocycles. The minimum absolute atomic E-state index is 0.0260. The molecule has 0 aliphatic heterocycles. The molecule has 5 nitrogen and oxygen atoms in total. The number of hydrogen-bond acceptors (Lipinski definition) is 5. The van der Waals surface area contributed by atoms with Crippen molar-refractivity contribution in [3.8, 4) is 11.8 Å². The molecule has 0 fully saturated rings. The van der Waals surface area contributed by atoms with Crippen molar-refractivity contribution >= 4 is 56.7 Å². The summed E-state index contributed by atoms with van der Waals surface area (Å²) in [5.74, 6) is 0.700. The number of hydrogen-bond donors (Lipinski definition) is 0. The first-order chi connectivity index (χ1) is 9.36. The Morgan fingerprint density at radius 3 is 2.40 bits per heavy atom. The van der Waals surface area contributed by atoms with Crippen LogP contribution in [0.1, 0.15) is 0 Å². The van der Waals surface area contributed by atoms with E-state index in [0.717, 1.165) is 0 Å². The van der Waals surface area contributed by atoms with Gasteiger partial charge in [-0.15, -0.1) is 0 Å². The minimum Gasteiger partial charge on any atom is -0.422 e. The zero-order valence-corrected chi connectivity index (χ0v) is 14.2.